The van der Waals surface area contributed by atoms with Crippen LogP contribution in [0.2, 0.25) is 0 Å². The molecule has 1 aliphatic heterocycles. The van der Waals surface area contributed by atoms with E-state index in [9.17, 15) is 39.0 Å². The number of aromatic hydroxyl groups is 1. The van der Waals surface area contributed by atoms with Crippen molar-refractivity contribution in [3.05, 3.63) is 70.3 Å². The van der Waals surface area contributed by atoms with Crippen LogP contribution in [0.4, 0.5) is 4.79 Å². The number of aliphatic hydroxyl groups excluding tert-OH is 1. The summed E-state index contributed by atoms with van der Waals surface area (Å²) in [6, 6.07) is 9.45. The Morgan fingerprint density at radius 1 is 0.971 bits per heavy atom. The number of rotatable bonds is 26. The average molecular weight is 1020 g/mol. The first-order valence-corrected chi connectivity index (χ1v) is 26.8. The monoisotopic (exact) mass is 1010 g/mol. The molecule has 5 amide bonds. The minimum atomic E-state index is -1.24. The number of carbonyl (C=O) groups is 6. The van der Waals surface area contributed by atoms with Crippen LogP contribution in [0.1, 0.15) is 120 Å². The molecule has 3 aromatic rings. The lowest BCUT2D eigenvalue weighted by Gasteiger charge is -2.39. The van der Waals surface area contributed by atoms with Crippen LogP contribution in [-0.4, -0.2) is 123 Å². The maximum absolute atomic E-state index is 14.7. The van der Waals surface area contributed by atoms with Gasteiger partial charge in [-0.2, -0.15) is 0 Å². The summed E-state index contributed by atoms with van der Waals surface area (Å²) in [5.41, 5.74) is 5.45. The Labute approximate surface area is 417 Å². The fraction of sp³-hybridized carbons (Fsp3) is 0.583. The highest BCUT2D eigenvalue weighted by Crippen LogP contribution is 2.30. The third-order valence-electron chi connectivity index (χ3n) is 11.9. The molecule has 3 heterocycles. The molecule has 0 aliphatic carbocycles. The van der Waals surface area contributed by atoms with Gasteiger partial charge in [-0.05, 0) is 98.2 Å². The third-order valence-corrected chi connectivity index (χ3v) is 15.1. The molecule has 2 aromatic heterocycles. The fourth-order valence-corrected chi connectivity index (χ4v) is 10.2. The number of ether oxygens (including phenoxy) is 2. The van der Waals surface area contributed by atoms with Gasteiger partial charge in [-0.1, -0.05) is 83.4 Å². The quantitative estimate of drug-likeness (QED) is 0.0168. The van der Waals surface area contributed by atoms with Gasteiger partial charge in [-0.15, -0.1) is 11.3 Å². The number of likely N-dealkylation sites (N-methyl/N-ethyl adjacent to an activating group) is 1. The van der Waals surface area contributed by atoms with Gasteiger partial charge in [-0.3, -0.25) is 34.3 Å². The SMILES string of the molecule is CCCC(=O)OCN(C(=O)[C@@H](NC(=O)[C@H]1CCCCN1C)C(C)CC)[C@H](C[C@@H](O)c1nc(C(=O)N[C@@H](Cc2ccc(O)cc2)C[C@H](C)C(=O)NNC(=O)OCCSSc2ccccn2)cs1)C(C)C. The topological polar surface area (TPSA) is 242 Å². The highest BCUT2D eigenvalue weighted by molar-refractivity contribution is 8.76. The molecule has 69 heavy (non-hydrogen) atoms. The van der Waals surface area contributed by atoms with E-state index < -0.39 is 59.9 Å². The number of carbonyl (C=O) groups excluding carboxylic acids is 6. The highest BCUT2D eigenvalue weighted by Gasteiger charge is 2.39. The molecule has 1 unspecified atom stereocenters. The minimum Gasteiger partial charge on any atom is -0.508 e. The number of aliphatic hydroxyl groups is 1. The van der Waals surface area contributed by atoms with Crippen LogP contribution in [0.5, 0.6) is 5.75 Å². The molecule has 0 radical (unpaired) electrons. The Morgan fingerprint density at radius 2 is 1.72 bits per heavy atom. The lowest BCUT2D eigenvalue weighted by molar-refractivity contribution is -0.159. The molecule has 1 saturated heterocycles. The molecule has 7 atom stereocenters. The lowest BCUT2D eigenvalue weighted by Crippen LogP contribution is -2.59. The van der Waals surface area contributed by atoms with Crippen LogP contribution in [0.15, 0.2) is 59.1 Å². The van der Waals surface area contributed by atoms with Gasteiger partial charge < -0.3 is 35.2 Å². The summed E-state index contributed by atoms with van der Waals surface area (Å²) in [5.74, 6) is -2.86. The smallest absolute Gasteiger partial charge is 0.426 e. The van der Waals surface area contributed by atoms with Gasteiger partial charge >= 0.3 is 12.1 Å². The number of thiazole rings is 1. The molecule has 1 aromatic carbocycles. The number of hydrogen-bond acceptors (Lipinski definition) is 16. The first-order valence-electron chi connectivity index (χ1n) is 23.6. The van der Waals surface area contributed by atoms with Crippen LogP contribution in [0, 0.1) is 17.8 Å². The van der Waals surface area contributed by atoms with E-state index in [2.05, 4.69) is 31.5 Å². The van der Waals surface area contributed by atoms with Crippen molar-refractivity contribution < 1.29 is 48.5 Å². The summed E-state index contributed by atoms with van der Waals surface area (Å²) in [7, 11) is 4.82. The number of phenols is 1. The highest BCUT2D eigenvalue weighted by atomic mass is 33.1. The maximum Gasteiger partial charge on any atom is 0.426 e. The summed E-state index contributed by atoms with van der Waals surface area (Å²) in [6.45, 7) is 11.6. The summed E-state index contributed by atoms with van der Waals surface area (Å²) in [6.07, 6.45) is 3.91. The van der Waals surface area contributed by atoms with Gasteiger partial charge in [0.1, 0.15) is 40.2 Å². The van der Waals surface area contributed by atoms with E-state index in [1.807, 2.05) is 64.8 Å². The predicted octanol–water partition coefficient (Wildman–Crippen LogP) is 6.40. The molecule has 0 spiro atoms. The van der Waals surface area contributed by atoms with Crippen LogP contribution in [0.25, 0.3) is 0 Å². The van der Waals surface area contributed by atoms with Crippen molar-refractivity contribution in [2.45, 2.75) is 135 Å². The number of aromatic nitrogens is 2. The van der Waals surface area contributed by atoms with Crippen molar-refractivity contribution in [2.75, 3.05) is 32.7 Å². The van der Waals surface area contributed by atoms with E-state index in [4.69, 9.17) is 9.47 Å². The van der Waals surface area contributed by atoms with Crippen LogP contribution in [0.3, 0.4) is 0 Å². The van der Waals surface area contributed by atoms with Gasteiger partial charge in [0.15, 0.2) is 6.73 Å². The maximum atomic E-state index is 14.7. The van der Waals surface area contributed by atoms with Crippen LogP contribution in [-0.2, 0) is 35.1 Å². The number of benzene rings is 1. The van der Waals surface area contributed by atoms with Crippen molar-refractivity contribution in [3.63, 3.8) is 0 Å². The number of phenolic OH excluding ortho intramolecular Hbond substituents is 1. The second-order valence-electron chi connectivity index (χ2n) is 17.7. The molecule has 4 rings (SSSR count). The molecule has 21 heteroatoms. The Morgan fingerprint density at radius 3 is 2.39 bits per heavy atom. The Kier molecular flexibility index (Phi) is 24.0. The first kappa shape index (κ1) is 56.6. The number of amides is 5. The number of nitrogens with zero attached hydrogens (tertiary/aromatic N) is 4. The van der Waals surface area contributed by atoms with E-state index >= 15 is 0 Å². The summed E-state index contributed by atoms with van der Waals surface area (Å²) in [5, 5.41) is 30.2. The van der Waals surface area contributed by atoms with Crippen LogP contribution >= 0.6 is 32.9 Å². The normalized spacial score (nSPS) is 16.5. The number of piperidine rings is 1. The average Bonchev–Trinajstić information content (AvgIpc) is 3.84. The molecular formula is C48H70N8O10S3. The Balaban J connectivity index is 1.44. The van der Waals surface area contributed by atoms with Crippen molar-refractivity contribution in [3.8, 4) is 5.75 Å². The largest absolute Gasteiger partial charge is 0.508 e. The van der Waals surface area contributed by atoms with Gasteiger partial charge in [0, 0.05) is 48.2 Å². The first-order chi connectivity index (χ1) is 33.0. The molecule has 0 bridgehead atoms. The molecule has 1 fully saturated rings. The van der Waals surface area contributed by atoms with E-state index in [0.717, 1.165) is 41.3 Å². The molecule has 380 valence electrons. The van der Waals surface area contributed by atoms with Crippen molar-refractivity contribution in [1.82, 2.24) is 41.3 Å². The zero-order valence-electron chi connectivity index (χ0n) is 40.7. The number of pyridine rings is 1. The van der Waals surface area contributed by atoms with Gasteiger partial charge in [0.2, 0.25) is 17.7 Å². The fourth-order valence-electron chi connectivity index (χ4n) is 7.73. The van der Waals surface area contributed by atoms with Gasteiger partial charge in [-0.25, -0.2) is 20.2 Å². The van der Waals surface area contributed by atoms with E-state index in [0.29, 0.717) is 25.0 Å². The van der Waals surface area contributed by atoms with E-state index in [1.165, 1.54) is 44.0 Å². The number of hydrogen-bond donors (Lipinski definition) is 6. The summed E-state index contributed by atoms with van der Waals surface area (Å²) in [4.78, 5) is 92.5. The van der Waals surface area contributed by atoms with Gasteiger partial charge in [0.25, 0.3) is 5.91 Å². The molecule has 18 nitrogen and oxygen atoms in total. The number of esters is 1. The third kappa shape index (κ3) is 18.7. The van der Waals surface area contributed by atoms with E-state index in [-0.39, 0.29) is 79.3 Å². The van der Waals surface area contributed by atoms with Crippen molar-refractivity contribution in [1.29, 1.82) is 0 Å². The second-order valence-corrected chi connectivity index (χ2v) is 21.0. The lowest BCUT2D eigenvalue weighted by atomic mass is 9.92. The second kappa shape index (κ2) is 29.3. The van der Waals surface area contributed by atoms with E-state index in [1.54, 1.807) is 25.3 Å². The van der Waals surface area contributed by atoms with Gasteiger partial charge in [0.05, 0.1) is 6.04 Å². The standard InChI is InChI=1S/C48H70N8O10S3/c1-8-14-41(59)66-29-56(47(63)42(31(5)9-2)52-45(62)37-15-11-13-22-55(37)7)38(30(3)4)27-39(58)46-51-36(28-67-46)44(61)50-34(26-33-17-19-35(57)20-18-33)25-32(6)43(60)53-54-48(64)65-23-24-68-69-40-16-10-12-21-49-40/h10,12,16-21,28,30-32,34,37-39,42,57-58H,8-9,11,13-15,22-27,29H2,1-7H3,(H,50,61)(H,52,62)(H,53,60)(H,54,64)/t31?,32-,34+,37+,38+,39+,42-/m0/s1. The number of likely N-dealkylation sites (tertiary alicyclic amines) is 1. The van der Waals surface area contributed by atoms with Crippen molar-refractivity contribution in [2.24, 2.45) is 17.8 Å². The molecular weight excluding hydrogens is 945 g/mol. The number of hydrazine groups is 1. The minimum absolute atomic E-state index is 0.0163. The molecule has 0 saturated carbocycles. The zero-order chi connectivity index (χ0) is 50.5. The van der Waals surface area contributed by atoms with Crippen molar-refractivity contribution >= 4 is 68.6 Å². The predicted molar refractivity (Wildman–Crippen MR) is 267 cm³/mol. The summed E-state index contributed by atoms with van der Waals surface area (Å²) >= 11 is 1.07. The number of nitrogens with one attached hydrogen (secondary N) is 4. The Hall–Kier alpha value is -4.96. The Bertz CT molecular complexity index is 2100. The molecule has 6 N–H and O–H groups in total. The van der Waals surface area contributed by atoms with Crippen LogP contribution < -0.4 is 21.5 Å². The molecule has 1 aliphatic rings. The summed E-state index contributed by atoms with van der Waals surface area (Å²) < 4.78 is 10.8. The zero-order valence-corrected chi connectivity index (χ0v) is 43.1.